The van der Waals surface area contributed by atoms with Gasteiger partial charge in [-0.3, -0.25) is 9.89 Å². The molecule has 1 aromatic carbocycles. The van der Waals surface area contributed by atoms with Crippen molar-refractivity contribution < 1.29 is 4.79 Å². The van der Waals surface area contributed by atoms with Gasteiger partial charge in [-0.15, -0.1) is 0 Å². The number of aromatic nitrogens is 2. The summed E-state index contributed by atoms with van der Waals surface area (Å²) in [7, 11) is 1.64. The molecule has 2 aromatic rings. The number of carbonyl (C=O) groups is 1. The Balaban J connectivity index is 1.89. The zero-order valence-corrected chi connectivity index (χ0v) is 10.2. The van der Waals surface area contributed by atoms with E-state index >= 15 is 0 Å². The van der Waals surface area contributed by atoms with E-state index in [1.54, 1.807) is 13.2 Å². The maximum Gasteiger partial charge on any atom is 0.224 e. The van der Waals surface area contributed by atoms with Gasteiger partial charge in [0, 0.05) is 18.9 Å². The third kappa shape index (κ3) is 3.35. The quantitative estimate of drug-likeness (QED) is 0.742. The summed E-state index contributed by atoms with van der Waals surface area (Å²) < 4.78 is 0. The number of nitrogens with zero attached hydrogens (tertiary/aromatic N) is 1. The summed E-state index contributed by atoms with van der Waals surface area (Å²) in [5.41, 5.74) is 3.05. The van der Waals surface area contributed by atoms with Crippen molar-refractivity contribution in [2.45, 2.75) is 13.0 Å². The van der Waals surface area contributed by atoms with Gasteiger partial charge in [0.15, 0.2) is 0 Å². The van der Waals surface area contributed by atoms with E-state index in [0.29, 0.717) is 13.0 Å². The van der Waals surface area contributed by atoms with E-state index in [9.17, 15) is 4.79 Å². The van der Waals surface area contributed by atoms with Crippen molar-refractivity contribution in [1.29, 1.82) is 0 Å². The molecule has 0 radical (unpaired) electrons. The number of H-pyrrole nitrogens is 1. The van der Waals surface area contributed by atoms with Crippen LogP contribution in [0, 0.1) is 0 Å². The molecule has 5 heteroatoms. The highest BCUT2D eigenvalue weighted by atomic mass is 16.1. The van der Waals surface area contributed by atoms with Crippen molar-refractivity contribution in [3.63, 3.8) is 0 Å². The third-order valence-corrected chi connectivity index (χ3v) is 2.64. The average molecular weight is 244 g/mol. The normalized spacial score (nSPS) is 10.1. The zero-order chi connectivity index (χ0) is 12.8. The van der Waals surface area contributed by atoms with Gasteiger partial charge in [-0.05, 0) is 23.8 Å². The van der Waals surface area contributed by atoms with Gasteiger partial charge in [0.25, 0.3) is 0 Å². The highest BCUT2D eigenvalue weighted by Gasteiger charge is 2.00. The van der Waals surface area contributed by atoms with E-state index in [-0.39, 0.29) is 5.91 Å². The maximum absolute atomic E-state index is 11.2. The highest BCUT2D eigenvalue weighted by Crippen LogP contribution is 2.11. The van der Waals surface area contributed by atoms with Crippen LogP contribution in [0.5, 0.6) is 0 Å². The Labute approximate surface area is 106 Å². The van der Waals surface area contributed by atoms with Crippen LogP contribution >= 0.6 is 0 Å². The van der Waals surface area contributed by atoms with Gasteiger partial charge in [0.05, 0.1) is 18.7 Å². The lowest BCUT2D eigenvalue weighted by molar-refractivity contribution is -0.119. The minimum absolute atomic E-state index is 0.0215. The second-order valence-electron chi connectivity index (χ2n) is 3.98. The van der Waals surface area contributed by atoms with Crippen LogP contribution in [-0.4, -0.2) is 23.2 Å². The smallest absolute Gasteiger partial charge is 0.224 e. The van der Waals surface area contributed by atoms with Gasteiger partial charge in [0.2, 0.25) is 5.91 Å². The molecule has 0 aliphatic heterocycles. The topological polar surface area (TPSA) is 69.8 Å². The summed E-state index contributed by atoms with van der Waals surface area (Å²) in [6, 6.07) is 9.76. The van der Waals surface area contributed by atoms with Crippen molar-refractivity contribution in [2.24, 2.45) is 0 Å². The molecular weight excluding hydrogens is 228 g/mol. The minimum Gasteiger partial charge on any atom is -0.379 e. The number of hydrogen-bond acceptors (Lipinski definition) is 3. The predicted molar refractivity (Wildman–Crippen MR) is 70.1 cm³/mol. The van der Waals surface area contributed by atoms with Crippen molar-refractivity contribution >= 4 is 11.6 Å². The molecule has 1 heterocycles. The molecule has 94 valence electrons. The molecule has 18 heavy (non-hydrogen) atoms. The van der Waals surface area contributed by atoms with Gasteiger partial charge in [-0.25, -0.2) is 0 Å². The molecule has 0 unspecified atom stereocenters. The molecule has 5 nitrogen and oxygen atoms in total. The monoisotopic (exact) mass is 244 g/mol. The Morgan fingerprint density at radius 1 is 1.28 bits per heavy atom. The summed E-state index contributed by atoms with van der Waals surface area (Å²) in [5, 5.41) is 12.6. The van der Waals surface area contributed by atoms with E-state index in [4.69, 9.17) is 0 Å². The van der Waals surface area contributed by atoms with Crippen LogP contribution in [0.25, 0.3) is 0 Å². The van der Waals surface area contributed by atoms with Crippen LogP contribution in [0.4, 0.5) is 5.69 Å². The standard InChI is InChI=1S/C13H16N4O/c1-14-13(18)8-10-2-4-11(5-3-10)15-9-12-6-7-16-17-12/h2-7,15H,8-9H2,1H3,(H,14,18)(H,16,17). The number of hydrogen-bond donors (Lipinski definition) is 3. The first-order chi connectivity index (χ1) is 8.78. The van der Waals surface area contributed by atoms with Crippen LogP contribution < -0.4 is 10.6 Å². The van der Waals surface area contributed by atoms with Crippen LogP contribution in [0.2, 0.25) is 0 Å². The molecule has 3 N–H and O–H groups in total. The number of aromatic amines is 1. The number of nitrogens with one attached hydrogen (secondary N) is 3. The molecule has 2 rings (SSSR count). The van der Waals surface area contributed by atoms with E-state index in [1.807, 2.05) is 30.3 Å². The molecule has 0 bridgehead atoms. The second kappa shape index (κ2) is 5.86. The molecule has 0 atom stereocenters. The van der Waals surface area contributed by atoms with Gasteiger partial charge in [0.1, 0.15) is 0 Å². The van der Waals surface area contributed by atoms with Crippen LogP contribution in [-0.2, 0) is 17.8 Å². The van der Waals surface area contributed by atoms with Gasteiger partial charge in [-0.2, -0.15) is 5.10 Å². The molecule has 0 saturated carbocycles. The third-order valence-electron chi connectivity index (χ3n) is 2.64. The fraction of sp³-hybridized carbons (Fsp3) is 0.231. The molecule has 0 aliphatic carbocycles. The number of likely N-dealkylation sites (N-methyl/N-ethyl adjacent to an activating group) is 1. The Morgan fingerprint density at radius 2 is 2.06 bits per heavy atom. The number of amides is 1. The minimum atomic E-state index is 0.0215. The molecular formula is C13H16N4O. The van der Waals surface area contributed by atoms with E-state index < -0.39 is 0 Å². The SMILES string of the molecule is CNC(=O)Cc1ccc(NCc2ccn[nH]2)cc1. The maximum atomic E-state index is 11.2. The lowest BCUT2D eigenvalue weighted by Gasteiger charge is -2.06. The zero-order valence-electron chi connectivity index (χ0n) is 10.2. The van der Waals surface area contributed by atoms with Crippen molar-refractivity contribution in [3.8, 4) is 0 Å². The average Bonchev–Trinajstić information content (AvgIpc) is 2.91. The fourth-order valence-electron chi connectivity index (χ4n) is 1.59. The highest BCUT2D eigenvalue weighted by molar-refractivity contribution is 5.78. The predicted octanol–water partition coefficient (Wildman–Crippen LogP) is 1.31. The summed E-state index contributed by atoms with van der Waals surface area (Å²) in [4.78, 5) is 11.2. The van der Waals surface area contributed by atoms with Crippen molar-refractivity contribution in [2.75, 3.05) is 12.4 Å². The number of anilines is 1. The van der Waals surface area contributed by atoms with E-state index in [0.717, 1.165) is 16.9 Å². The first kappa shape index (κ1) is 12.2. The fourth-order valence-corrected chi connectivity index (χ4v) is 1.59. The number of benzene rings is 1. The summed E-state index contributed by atoms with van der Waals surface area (Å²) in [5.74, 6) is 0.0215. The first-order valence-electron chi connectivity index (χ1n) is 5.79. The summed E-state index contributed by atoms with van der Waals surface area (Å²) in [6.45, 7) is 0.703. The van der Waals surface area contributed by atoms with Crippen LogP contribution in [0.15, 0.2) is 36.5 Å². The van der Waals surface area contributed by atoms with E-state index in [1.165, 1.54) is 0 Å². The largest absolute Gasteiger partial charge is 0.379 e. The molecule has 1 amide bonds. The van der Waals surface area contributed by atoms with Gasteiger partial charge < -0.3 is 10.6 Å². The first-order valence-corrected chi connectivity index (χ1v) is 5.79. The molecule has 0 spiro atoms. The molecule has 0 fully saturated rings. The van der Waals surface area contributed by atoms with Gasteiger partial charge in [-0.1, -0.05) is 12.1 Å². The Bertz CT molecular complexity index is 490. The van der Waals surface area contributed by atoms with E-state index in [2.05, 4.69) is 20.8 Å². The van der Waals surface area contributed by atoms with Crippen molar-refractivity contribution in [3.05, 3.63) is 47.8 Å². The van der Waals surface area contributed by atoms with Crippen LogP contribution in [0.1, 0.15) is 11.3 Å². The summed E-state index contributed by atoms with van der Waals surface area (Å²) in [6.07, 6.45) is 2.14. The lowest BCUT2D eigenvalue weighted by atomic mass is 10.1. The number of carbonyl (C=O) groups excluding carboxylic acids is 1. The molecule has 0 aliphatic rings. The Kier molecular flexibility index (Phi) is 3.96. The lowest BCUT2D eigenvalue weighted by Crippen LogP contribution is -2.19. The number of rotatable bonds is 5. The molecule has 1 aromatic heterocycles. The van der Waals surface area contributed by atoms with Crippen molar-refractivity contribution in [1.82, 2.24) is 15.5 Å². The Morgan fingerprint density at radius 3 is 2.67 bits per heavy atom. The second-order valence-corrected chi connectivity index (χ2v) is 3.98. The Hall–Kier alpha value is -2.30. The van der Waals surface area contributed by atoms with Gasteiger partial charge >= 0.3 is 0 Å². The molecule has 0 saturated heterocycles. The summed E-state index contributed by atoms with van der Waals surface area (Å²) >= 11 is 0. The van der Waals surface area contributed by atoms with Crippen LogP contribution in [0.3, 0.4) is 0 Å².